The summed E-state index contributed by atoms with van der Waals surface area (Å²) >= 11 is 3.05. The lowest BCUT2D eigenvalue weighted by atomic mass is 10.2. The number of aromatic nitrogens is 4. The minimum absolute atomic E-state index is 0.262. The zero-order valence-corrected chi connectivity index (χ0v) is 10.8. The highest BCUT2D eigenvalue weighted by Crippen LogP contribution is 2.24. The molecule has 2 rings (SSSR count). The molecule has 0 aliphatic carbocycles. The first kappa shape index (κ1) is 12.6. The van der Waals surface area contributed by atoms with Gasteiger partial charge in [-0.05, 0) is 51.5 Å². The molecule has 0 spiro atoms. The van der Waals surface area contributed by atoms with Gasteiger partial charge in [0.15, 0.2) is 11.9 Å². The largest absolute Gasteiger partial charge is 0.480 e. The lowest BCUT2D eigenvalue weighted by Crippen LogP contribution is -2.18. The summed E-state index contributed by atoms with van der Waals surface area (Å²) in [6.07, 6.45) is 0. The molecule has 8 heteroatoms. The van der Waals surface area contributed by atoms with Crippen LogP contribution in [0.5, 0.6) is 0 Å². The van der Waals surface area contributed by atoms with Gasteiger partial charge in [-0.2, -0.15) is 0 Å². The fourth-order valence-electron chi connectivity index (χ4n) is 1.38. The summed E-state index contributed by atoms with van der Waals surface area (Å²) in [6.45, 7) is 1.46. The van der Waals surface area contributed by atoms with Crippen molar-refractivity contribution in [2.75, 3.05) is 0 Å². The summed E-state index contributed by atoms with van der Waals surface area (Å²) in [5, 5.41) is 19.8. The second-order valence-corrected chi connectivity index (χ2v) is 4.44. The first-order valence-corrected chi connectivity index (χ1v) is 5.76. The number of carboxylic acids is 1. The molecule has 1 atom stereocenters. The number of nitrogens with zero attached hydrogens (tertiary/aromatic N) is 4. The normalized spacial score (nSPS) is 12.4. The average molecular weight is 315 g/mol. The molecule has 0 aliphatic rings. The van der Waals surface area contributed by atoms with Crippen LogP contribution >= 0.6 is 15.9 Å². The number of tetrazole rings is 1. The average Bonchev–Trinajstić information content (AvgIpc) is 2.80. The molecule has 1 unspecified atom stereocenters. The van der Waals surface area contributed by atoms with E-state index in [0.717, 1.165) is 0 Å². The minimum atomic E-state index is -1.05. The second kappa shape index (κ2) is 4.81. The predicted octanol–water partition coefficient (Wildman–Crippen LogP) is 1.89. The van der Waals surface area contributed by atoms with Gasteiger partial charge in [0, 0.05) is 5.56 Å². The molecule has 94 valence electrons. The summed E-state index contributed by atoms with van der Waals surface area (Å²) in [5.41, 5.74) is 0.529. The molecule has 0 bridgehead atoms. The molecule has 1 N–H and O–H groups in total. The summed E-state index contributed by atoms with van der Waals surface area (Å²) in [6, 6.07) is 3.33. The molecule has 0 saturated heterocycles. The molecular formula is C10H8BrFN4O2. The summed E-state index contributed by atoms with van der Waals surface area (Å²) < 4.78 is 14.6. The summed E-state index contributed by atoms with van der Waals surface area (Å²) in [4.78, 5) is 10.9. The van der Waals surface area contributed by atoms with E-state index in [4.69, 9.17) is 5.11 Å². The quantitative estimate of drug-likeness (QED) is 0.935. The molecule has 6 nitrogen and oxygen atoms in total. The van der Waals surface area contributed by atoms with Crippen LogP contribution in [-0.2, 0) is 4.79 Å². The van der Waals surface area contributed by atoms with Crippen molar-refractivity contribution >= 4 is 21.9 Å². The van der Waals surface area contributed by atoms with Crippen LogP contribution in [0.3, 0.4) is 0 Å². The maximum Gasteiger partial charge on any atom is 0.328 e. The van der Waals surface area contributed by atoms with E-state index in [1.165, 1.54) is 29.8 Å². The van der Waals surface area contributed by atoms with E-state index in [-0.39, 0.29) is 10.3 Å². The van der Waals surface area contributed by atoms with Gasteiger partial charge in [-0.15, -0.1) is 5.10 Å². The number of rotatable bonds is 3. The minimum Gasteiger partial charge on any atom is -0.480 e. The number of hydrogen-bond donors (Lipinski definition) is 1. The monoisotopic (exact) mass is 314 g/mol. The van der Waals surface area contributed by atoms with Crippen molar-refractivity contribution in [3.8, 4) is 11.4 Å². The molecule has 0 saturated carbocycles. The van der Waals surface area contributed by atoms with Crippen LogP contribution in [0, 0.1) is 5.82 Å². The summed E-state index contributed by atoms with van der Waals surface area (Å²) in [7, 11) is 0. The van der Waals surface area contributed by atoms with Gasteiger partial charge in [0.2, 0.25) is 0 Å². The molecule has 0 amide bonds. The molecule has 1 aromatic carbocycles. The fraction of sp³-hybridized carbons (Fsp3) is 0.200. The maximum atomic E-state index is 13.1. The highest BCUT2D eigenvalue weighted by molar-refractivity contribution is 9.10. The van der Waals surface area contributed by atoms with Crippen molar-refractivity contribution in [3.05, 3.63) is 28.5 Å². The number of aliphatic carboxylic acids is 1. The first-order chi connectivity index (χ1) is 8.50. The van der Waals surface area contributed by atoms with E-state index in [1.54, 1.807) is 0 Å². The van der Waals surface area contributed by atoms with Crippen LogP contribution in [0.4, 0.5) is 4.39 Å². The van der Waals surface area contributed by atoms with Gasteiger partial charge in [0.25, 0.3) is 0 Å². The van der Waals surface area contributed by atoms with Crippen molar-refractivity contribution in [3.63, 3.8) is 0 Å². The second-order valence-electron chi connectivity index (χ2n) is 3.59. The maximum absolute atomic E-state index is 13.1. The smallest absolute Gasteiger partial charge is 0.328 e. The van der Waals surface area contributed by atoms with Crippen LogP contribution in [0.15, 0.2) is 22.7 Å². The number of halogens is 2. The zero-order valence-electron chi connectivity index (χ0n) is 9.21. The molecule has 0 aliphatic heterocycles. The van der Waals surface area contributed by atoms with Gasteiger partial charge >= 0.3 is 5.97 Å². The van der Waals surface area contributed by atoms with E-state index < -0.39 is 17.8 Å². The number of benzene rings is 1. The van der Waals surface area contributed by atoms with Gasteiger partial charge in [0.1, 0.15) is 5.82 Å². The third-order valence-electron chi connectivity index (χ3n) is 2.39. The molecule has 1 heterocycles. The Bertz CT molecular complexity index is 601. The first-order valence-electron chi connectivity index (χ1n) is 4.97. The third-order valence-corrected chi connectivity index (χ3v) is 3.00. The highest BCUT2D eigenvalue weighted by Gasteiger charge is 2.20. The van der Waals surface area contributed by atoms with Gasteiger partial charge in [0.05, 0.1) is 4.47 Å². The lowest BCUT2D eigenvalue weighted by molar-refractivity contribution is -0.140. The molecule has 2 aromatic rings. The number of hydrogen-bond acceptors (Lipinski definition) is 4. The Morgan fingerprint density at radius 2 is 2.28 bits per heavy atom. The number of carbonyl (C=O) groups is 1. The van der Waals surface area contributed by atoms with Crippen molar-refractivity contribution < 1.29 is 14.3 Å². The van der Waals surface area contributed by atoms with Crippen molar-refractivity contribution in [2.24, 2.45) is 0 Å². The molecule has 18 heavy (non-hydrogen) atoms. The Morgan fingerprint density at radius 3 is 2.89 bits per heavy atom. The predicted molar refractivity (Wildman–Crippen MR) is 63.3 cm³/mol. The molecule has 1 aromatic heterocycles. The van der Waals surface area contributed by atoms with Crippen LogP contribution in [-0.4, -0.2) is 31.3 Å². The Balaban J connectivity index is 2.48. The van der Waals surface area contributed by atoms with E-state index in [9.17, 15) is 9.18 Å². The van der Waals surface area contributed by atoms with Crippen molar-refractivity contribution in [1.82, 2.24) is 20.2 Å². The number of carboxylic acid groups (broad SMARTS) is 1. The molecule has 0 radical (unpaired) electrons. The van der Waals surface area contributed by atoms with Crippen molar-refractivity contribution in [2.45, 2.75) is 13.0 Å². The Kier molecular flexibility index (Phi) is 3.37. The van der Waals surface area contributed by atoms with E-state index in [0.29, 0.717) is 5.56 Å². The Labute approximate surface area is 110 Å². The summed E-state index contributed by atoms with van der Waals surface area (Å²) in [5.74, 6) is -1.20. The standard InChI is InChI=1S/C10H8BrFN4O2/c1-5(10(17)18)16-9(13-14-15-16)6-2-3-8(12)7(11)4-6/h2-5H,1H3,(H,17,18). The van der Waals surface area contributed by atoms with Crippen LogP contribution in [0.2, 0.25) is 0 Å². The Hall–Kier alpha value is -1.83. The zero-order chi connectivity index (χ0) is 13.3. The van der Waals surface area contributed by atoms with Crippen LogP contribution in [0.25, 0.3) is 11.4 Å². The molecular weight excluding hydrogens is 307 g/mol. The van der Waals surface area contributed by atoms with Crippen LogP contribution < -0.4 is 0 Å². The van der Waals surface area contributed by atoms with Gasteiger partial charge in [-0.1, -0.05) is 0 Å². The lowest BCUT2D eigenvalue weighted by Gasteiger charge is -2.08. The van der Waals surface area contributed by atoms with E-state index in [1.807, 2.05) is 0 Å². The fourth-order valence-corrected chi connectivity index (χ4v) is 1.76. The van der Waals surface area contributed by atoms with Gasteiger partial charge in [-0.3, -0.25) is 0 Å². The van der Waals surface area contributed by atoms with Gasteiger partial charge < -0.3 is 5.11 Å². The topological polar surface area (TPSA) is 80.9 Å². The SMILES string of the molecule is CC(C(=O)O)n1nnnc1-c1ccc(F)c(Br)c1. The molecule has 0 fully saturated rings. The van der Waals surface area contributed by atoms with Crippen LogP contribution in [0.1, 0.15) is 13.0 Å². The van der Waals surface area contributed by atoms with Gasteiger partial charge in [-0.25, -0.2) is 13.9 Å². The van der Waals surface area contributed by atoms with E-state index >= 15 is 0 Å². The third kappa shape index (κ3) is 2.23. The Morgan fingerprint density at radius 1 is 1.56 bits per heavy atom. The van der Waals surface area contributed by atoms with E-state index in [2.05, 4.69) is 31.5 Å². The van der Waals surface area contributed by atoms with Crippen molar-refractivity contribution in [1.29, 1.82) is 0 Å². The highest BCUT2D eigenvalue weighted by atomic mass is 79.9.